The fourth-order valence-corrected chi connectivity index (χ4v) is 4.37. The van der Waals surface area contributed by atoms with Gasteiger partial charge in [0.1, 0.15) is 18.1 Å². The number of anilines is 1. The second-order valence-electron chi connectivity index (χ2n) is 10.3. The number of hydrogen-bond acceptors (Lipinski definition) is 6. The molecule has 39 heavy (non-hydrogen) atoms. The molecule has 4 rings (SSSR count). The smallest absolute Gasteiger partial charge is 0.337 e. The van der Waals surface area contributed by atoms with Gasteiger partial charge in [-0.1, -0.05) is 54.6 Å². The quantitative estimate of drug-likeness (QED) is 0.339. The highest BCUT2D eigenvalue weighted by Crippen LogP contribution is 2.30. The molecule has 1 aromatic heterocycles. The van der Waals surface area contributed by atoms with Crippen LogP contribution in [0.15, 0.2) is 72.8 Å². The van der Waals surface area contributed by atoms with E-state index in [1.54, 1.807) is 24.3 Å². The van der Waals surface area contributed by atoms with Gasteiger partial charge in [0.25, 0.3) is 0 Å². The second-order valence-corrected chi connectivity index (χ2v) is 10.3. The number of carbonyl (C=O) groups is 3. The van der Waals surface area contributed by atoms with Crippen LogP contribution in [0.4, 0.5) is 5.69 Å². The first-order valence-electron chi connectivity index (χ1n) is 12.8. The van der Waals surface area contributed by atoms with Crippen LogP contribution in [0, 0.1) is 0 Å². The molecule has 1 unspecified atom stereocenters. The van der Waals surface area contributed by atoms with Gasteiger partial charge in [-0.2, -0.15) is 0 Å². The molecule has 0 saturated carbocycles. The third-order valence-corrected chi connectivity index (χ3v) is 6.23. The van der Waals surface area contributed by atoms with Crippen LogP contribution in [0.5, 0.6) is 0 Å². The lowest BCUT2D eigenvalue weighted by Crippen LogP contribution is -2.50. The Kier molecular flexibility index (Phi) is 8.09. The van der Waals surface area contributed by atoms with Crippen LogP contribution in [0.3, 0.4) is 0 Å². The molecule has 2 amide bonds. The number of para-hydroxylation sites is 1. The average molecular weight is 528 g/mol. The van der Waals surface area contributed by atoms with E-state index in [2.05, 4.69) is 22.6 Å². The van der Waals surface area contributed by atoms with E-state index < -0.39 is 23.5 Å². The molecule has 9 heteroatoms. The predicted molar refractivity (Wildman–Crippen MR) is 149 cm³/mol. The highest BCUT2D eigenvalue weighted by atomic mass is 16.5. The SMILES string of the molecule is CCc1ccc(C(C(=O)NC(C)(C)C)N(C(=O)Cn2nnc3ccccc32)c2cccc(C(=O)OC)c2)cc1. The largest absolute Gasteiger partial charge is 0.465 e. The number of benzene rings is 3. The van der Waals surface area contributed by atoms with Crippen molar-refractivity contribution in [2.24, 2.45) is 0 Å². The monoisotopic (exact) mass is 527 g/mol. The van der Waals surface area contributed by atoms with Gasteiger partial charge in [0, 0.05) is 11.2 Å². The highest BCUT2D eigenvalue weighted by Gasteiger charge is 2.35. The summed E-state index contributed by atoms with van der Waals surface area (Å²) in [6.45, 7) is 7.53. The number of nitrogens with one attached hydrogen (secondary N) is 1. The molecule has 202 valence electrons. The Bertz CT molecular complexity index is 1490. The molecule has 0 bridgehead atoms. The Morgan fingerprint density at radius 1 is 1.00 bits per heavy atom. The summed E-state index contributed by atoms with van der Waals surface area (Å²) in [5, 5.41) is 11.4. The Labute approximate surface area is 227 Å². The van der Waals surface area contributed by atoms with E-state index in [0.29, 0.717) is 22.3 Å². The van der Waals surface area contributed by atoms with Crippen molar-refractivity contribution in [2.75, 3.05) is 12.0 Å². The van der Waals surface area contributed by atoms with E-state index >= 15 is 0 Å². The third-order valence-electron chi connectivity index (χ3n) is 6.23. The molecule has 0 spiro atoms. The van der Waals surface area contributed by atoms with Crippen molar-refractivity contribution >= 4 is 34.5 Å². The molecular weight excluding hydrogens is 494 g/mol. The molecule has 9 nitrogen and oxygen atoms in total. The lowest BCUT2D eigenvalue weighted by Gasteiger charge is -2.34. The van der Waals surface area contributed by atoms with E-state index in [9.17, 15) is 14.4 Å². The molecule has 1 heterocycles. The van der Waals surface area contributed by atoms with Gasteiger partial charge in [-0.3, -0.25) is 14.5 Å². The van der Waals surface area contributed by atoms with E-state index in [1.807, 2.05) is 69.3 Å². The summed E-state index contributed by atoms with van der Waals surface area (Å²) in [6.07, 6.45) is 0.836. The number of carbonyl (C=O) groups excluding carboxylic acids is 3. The zero-order valence-corrected chi connectivity index (χ0v) is 22.8. The first kappa shape index (κ1) is 27.5. The summed E-state index contributed by atoms with van der Waals surface area (Å²) in [7, 11) is 1.29. The van der Waals surface area contributed by atoms with Gasteiger partial charge in [0.15, 0.2) is 0 Å². The number of hydrogen-bond donors (Lipinski definition) is 1. The second kappa shape index (κ2) is 11.5. The van der Waals surface area contributed by atoms with E-state index in [1.165, 1.54) is 16.7 Å². The van der Waals surface area contributed by atoms with Crippen molar-refractivity contribution in [3.63, 3.8) is 0 Å². The summed E-state index contributed by atoms with van der Waals surface area (Å²) in [5.41, 5.74) is 3.17. The topological polar surface area (TPSA) is 106 Å². The summed E-state index contributed by atoms with van der Waals surface area (Å²) in [6, 6.07) is 20.5. The highest BCUT2D eigenvalue weighted by molar-refractivity contribution is 6.02. The van der Waals surface area contributed by atoms with Crippen molar-refractivity contribution in [1.82, 2.24) is 20.3 Å². The Morgan fingerprint density at radius 3 is 2.38 bits per heavy atom. The maximum Gasteiger partial charge on any atom is 0.337 e. The van der Waals surface area contributed by atoms with Crippen molar-refractivity contribution in [3.8, 4) is 0 Å². The minimum Gasteiger partial charge on any atom is -0.465 e. The maximum atomic E-state index is 14.2. The average Bonchev–Trinajstić information content (AvgIpc) is 3.32. The van der Waals surface area contributed by atoms with Gasteiger partial charge in [0.05, 0.1) is 18.2 Å². The number of aryl methyl sites for hydroxylation is 1. The number of esters is 1. The molecule has 0 fully saturated rings. The number of aromatic nitrogens is 3. The van der Waals surface area contributed by atoms with E-state index in [-0.39, 0.29) is 18.0 Å². The molecular formula is C30H33N5O4. The molecule has 3 aromatic carbocycles. The molecule has 1 atom stereocenters. The zero-order chi connectivity index (χ0) is 28.2. The minimum atomic E-state index is -1.02. The fourth-order valence-electron chi connectivity index (χ4n) is 4.37. The minimum absolute atomic E-state index is 0.171. The van der Waals surface area contributed by atoms with Crippen LogP contribution < -0.4 is 10.2 Å². The van der Waals surface area contributed by atoms with Gasteiger partial charge in [-0.05, 0) is 68.7 Å². The molecule has 0 saturated heterocycles. The number of rotatable bonds is 8. The predicted octanol–water partition coefficient (Wildman–Crippen LogP) is 4.47. The number of methoxy groups -OCH3 is 1. The Balaban J connectivity index is 1.86. The normalized spacial score (nSPS) is 12.1. The van der Waals surface area contributed by atoms with Crippen LogP contribution in [0.25, 0.3) is 11.0 Å². The van der Waals surface area contributed by atoms with Crippen LogP contribution in [-0.4, -0.2) is 45.4 Å². The lowest BCUT2D eigenvalue weighted by atomic mass is 9.98. The molecule has 0 aliphatic rings. The molecule has 0 aliphatic carbocycles. The van der Waals surface area contributed by atoms with Crippen molar-refractivity contribution in [1.29, 1.82) is 0 Å². The first-order valence-corrected chi connectivity index (χ1v) is 12.8. The van der Waals surface area contributed by atoms with E-state index in [4.69, 9.17) is 4.74 Å². The van der Waals surface area contributed by atoms with Gasteiger partial charge < -0.3 is 10.1 Å². The van der Waals surface area contributed by atoms with Crippen LogP contribution >= 0.6 is 0 Å². The number of fused-ring (bicyclic) bond motifs is 1. The first-order chi connectivity index (χ1) is 18.6. The van der Waals surface area contributed by atoms with Crippen molar-refractivity contribution in [2.45, 2.75) is 52.2 Å². The summed E-state index contributed by atoms with van der Waals surface area (Å²) in [4.78, 5) is 41.8. The van der Waals surface area contributed by atoms with Crippen molar-refractivity contribution in [3.05, 3.63) is 89.5 Å². The van der Waals surface area contributed by atoms with Crippen LogP contribution in [0.2, 0.25) is 0 Å². The Hall–Kier alpha value is -4.53. The summed E-state index contributed by atoms with van der Waals surface area (Å²) >= 11 is 0. The number of ether oxygens (including phenoxy) is 1. The Morgan fingerprint density at radius 2 is 1.72 bits per heavy atom. The lowest BCUT2D eigenvalue weighted by molar-refractivity contribution is -0.128. The molecule has 4 aromatic rings. The number of nitrogens with zero attached hydrogens (tertiary/aromatic N) is 4. The third kappa shape index (κ3) is 6.31. The van der Waals surface area contributed by atoms with Gasteiger partial charge in [0.2, 0.25) is 11.8 Å². The van der Waals surface area contributed by atoms with Gasteiger partial charge in [-0.15, -0.1) is 5.10 Å². The van der Waals surface area contributed by atoms with Crippen LogP contribution in [0.1, 0.15) is 55.2 Å². The summed E-state index contributed by atoms with van der Waals surface area (Å²) in [5.74, 6) is -1.30. The molecule has 1 N–H and O–H groups in total. The van der Waals surface area contributed by atoms with Crippen LogP contribution in [-0.2, 0) is 27.3 Å². The van der Waals surface area contributed by atoms with Crippen molar-refractivity contribution < 1.29 is 19.1 Å². The fraction of sp³-hybridized carbons (Fsp3) is 0.300. The number of amides is 2. The maximum absolute atomic E-state index is 14.2. The molecule has 0 aliphatic heterocycles. The molecule has 0 radical (unpaired) electrons. The van der Waals surface area contributed by atoms with Gasteiger partial charge in [-0.25, -0.2) is 9.48 Å². The summed E-state index contributed by atoms with van der Waals surface area (Å²) < 4.78 is 6.41. The van der Waals surface area contributed by atoms with E-state index in [0.717, 1.165) is 12.0 Å². The zero-order valence-electron chi connectivity index (χ0n) is 22.8. The standard InChI is InChI=1S/C30H33N5O4/c1-6-20-14-16-21(17-15-20)27(28(37)31-30(2,3)4)35(23-11-9-10-22(18-23)29(38)39-5)26(36)19-34-25-13-8-7-12-24(25)32-33-34/h7-18,27H,6,19H2,1-5H3,(H,31,37). The van der Waals surface area contributed by atoms with Gasteiger partial charge >= 0.3 is 5.97 Å².